The molecule has 5 heteroatoms. The number of hydrogen-bond acceptors (Lipinski definition) is 4. The maximum atomic E-state index is 12.7. The number of aromatic nitrogens is 1. The molecule has 3 aromatic rings. The van der Waals surface area contributed by atoms with E-state index in [4.69, 9.17) is 4.74 Å². The average Bonchev–Trinajstić information content (AvgIpc) is 3.16. The molecule has 1 aromatic carbocycles. The summed E-state index contributed by atoms with van der Waals surface area (Å²) < 4.78 is 5.81. The van der Waals surface area contributed by atoms with Crippen molar-refractivity contribution in [2.75, 3.05) is 19.7 Å². The first kappa shape index (κ1) is 15.3. The lowest BCUT2D eigenvalue weighted by atomic mass is 10.1. The van der Waals surface area contributed by atoms with E-state index < -0.39 is 0 Å². The van der Waals surface area contributed by atoms with Crippen LogP contribution in [0.4, 0.5) is 0 Å². The normalized spacial score (nSPS) is 18.0. The molecule has 1 fully saturated rings. The highest BCUT2D eigenvalue weighted by atomic mass is 32.1. The largest absolute Gasteiger partial charge is 0.369 e. The predicted octanol–water partition coefficient (Wildman–Crippen LogP) is 3.44. The molecular formula is C19H18N2O2S. The van der Waals surface area contributed by atoms with E-state index >= 15 is 0 Å². The maximum absolute atomic E-state index is 12.7. The first-order valence-corrected chi connectivity index (χ1v) is 8.94. The second-order valence-electron chi connectivity index (χ2n) is 5.93. The van der Waals surface area contributed by atoms with Gasteiger partial charge in [0.05, 0.1) is 25.1 Å². The summed E-state index contributed by atoms with van der Waals surface area (Å²) in [6, 6.07) is 14.1. The molecule has 0 N–H and O–H groups in total. The number of ether oxygens (including phenoxy) is 1. The molecule has 3 heterocycles. The van der Waals surface area contributed by atoms with Crippen LogP contribution in [0, 0.1) is 0 Å². The molecule has 1 unspecified atom stereocenters. The third-order valence-electron chi connectivity index (χ3n) is 4.28. The van der Waals surface area contributed by atoms with Gasteiger partial charge in [0.1, 0.15) is 6.10 Å². The molecule has 0 radical (unpaired) electrons. The number of rotatable bonds is 3. The van der Waals surface area contributed by atoms with E-state index in [1.165, 1.54) is 4.88 Å². The molecule has 1 amide bonds. The number of carbonyl (C=O) groups excluding carboxylic acids is 1. The predicted molar refractivity (Wildman–Crippen MR) is 95.0 cm³/mol. The van der Waals surface area contributed by atoms with Crippen LogP contribution in [0.3, 0.4) is 0 Å². The molecule has 122 valence electrons. The van der Waals surface area contributed by atoms with Crippen LogP contribution in [0.2, 0.25) is 0 Å². The van der Waals surface area contributed by atoms with E-state index in [2.05, 4.69) is 17.1 Å². The lowest BCUT2D eigenvalue weighted by molar-refractivity contribution is -0.138. The Kier molecular flexibility index (Phi) is 4.28. The molecule has 24 heavy (non-hydrogen) atoms. The molecule has 1 aliphatic heterocycles. The third kappa shape index (κ3) is 3.18. The second-order valence-corrected chi connectivity index (χ2v) is 6.91. The number of pyridine rings is 1. The van der Waals surface area contributed by atoms with E-state index in [9.17, 15) is 4.79 Å². The first-order chi connectivity index (χ1) is 11.8. The molecule has 2 aromatic heterocycles. The lowest BCUT2D eigenvalue weighted by Crippen LogP contribution is -2.42. The highest BCUT2D eigenvalue weighted by Crippen LogP contribution is 2.26. The first-order valence-electron chi connectivity index (χ1n) is 8.06. The fraction of sp³-hybridized carbons (Fsp3) is 0.263. The van der Waals surface area contributed by atoms with Crippen LogP contribution in [0.5, 0.6) is 0 Å². The summed E-state index contributed by atoms with van der Waals surface area (Å²) in [6.07, 6.45) is 2.18. The number of carbonyl (C=O) groups is 1. The number of morpholine rings is 1. The zero-order chi connectivity index (χ0) is 16.4. The molecule has 1 saturated heterocycles. The number of hydrogen-bond donors (Lipinski definition) is 0. The van der Waals surface area contributed by atoms with Gasteiger partial charge in [-0.3, -0.25) is 9.78 Å². The van der Waals surface area contributed by atoms with Crippen LogP contribution in [0.25, 0.3) is 10.9 Å². The standard InChI is InChI=1S/C19H18N2O2S/c22-19(11-14-10-15-4-1-2-5-16(15)20-12-14)21-7-8-23-17(13-21)18-6-3-9-24-18/h1-6,9-10,12,17H,7-8,11,13H2. The van der Waals surface area contributed by atoms with Crippen molar-refractivity contribution in [2.45, 2.75) is 12.5 Å². The van der Waals surface area contributed by atoms with Gasteiger partial charge in [0.25, 0.3) is 0 Å². The summed E-state index contributed by atoms with van der Waals surface area (Å²) >= 11 is 1.68. The van der Waals surface area contributed by atoms with Crippen LogP contribution in [0.15, 0.2) is 54.0 Å². The number of amides is 1. The zero-order valence-corrected chi connectivity index (χ0v) is 14.0. The number of nitrogens with zero attached hydrogens (tertiary/aromatic N) is 2. The highest BCUT2D eigenvalue weighted by Gasteiger charge is 2.26. The van der Waals surface area contributed by atoms with Crippen LogP contribution in [0.1, 0.15) is 16.5 Å². The van der Waals surface area contributed by atoms with Gasteiger partial charge in [-0.15, -0.1) is 11.3 Å². The van der Waals surface area contributed by atoms with Crippen molar-refractivity contribution in [3.63, 3.8) is 0 Å². The van der Waals surface area contributed by atoms with Gasteiger partial charge < -0.3 is 9.64 Å². The number of para-hydroxylation sites is 1. The van der Waals surface area contributed by atoms with Crippen molar-refractivity contribution in [3.8, 4) is 0 Å². The summed E-state index contributed by atoms with van der Waals surface area (Å²) in [5.41, 5.74) is 1.91. The zero-order valence-electron chi connectivity index (χ0n) is 13.2. The van der Waals surface area contributed by atoms with E-state index in [1.807, 2.05) is 40.6 Å². The minimum Gasteiger partial charge on any atom is -0.369 e. The van der Waals surface area contributed by atoms with Gasteiger partial charge in [-0.25, -0.2) is 0 Å². The van der Waals surface area contributed by atoms with Gasteiger partial charge in [-0.05, 0) is 29.1 Å². The minimum absolute atomic E-state index is 0.00238. The monoisotopic (exact) mass is 338 g/mol. The Morgan fingerprint density at radius 2 is 2.21 bits per heavy atom. The van der Waals surface area contributed by atoms with Crippen LogP contribution in [-0.2, 0) is 16.0 Å². The Balaban J connectivity index is 1.46. The topological polar surface area (TPSA) is 42.4 Å². The summed E-state index contributed by atoms with van der Waals surface area (Å²) in [5, 5.41) is 3.11. The molecule has 0 saturated carbocycles. The van der Waals surface area contributed by atoms with Gasteiger partial charge in [0.2, 0.25) is 5.91 Å². The average molecular weight is 338 g/mol. The summed E-state index contributed by atoms with van der Waals surface area (Å²) in [4.78, 5) is 20.2. The van der Waals surface area contributed by atoms with Crippen LogP contribution >= 0.6 is 11.3 Å². The Labute approximate surface area is 144 Å². The van der Waals surface area contributed by atoms with Crippen molar-refractivity contribution in [3.05, 3.63) is 64.5 Å². The molecule has 0 aliphatic carbocycles. The maximum Gasteiger partial charge on any atom is 0.227 e. The second kappa shape index (κ2) is 6.71. The third-order valence-corrected chi connectivity index (χ3v) is 5.25. The van der Waals surface area contributed by atoms with Crippen molar-refractivity contribution in [2.24, 2.45) is 0 Å². The van der Waals surface area contributed by atoms with Gasteiger partial charge in [-0.2, -0.15) is 0 Å². The van der Waals surface area contributed by atoms with E-state index in [0.29, 0.717) is 26.1 Å². The summed E-state index contributed by atoms with van der Waals surface area (Å²) in [5.74, 6) is 0.136. The Morgan fingerprint density at radius 1 is 1.29 bits per heavy atom. The van der Waals surface area contributed by atoms with Gasteiger partial charge in [0.15, 0.2) is 0 Å². The number of benzene rings is 1. The fourth-order valence-corrected chi connectivity index (χ4v) is 3.79. The summed E-state index contributed by atoms with van der Waals surface area (Å²) in [7, 11) is 0. The number of thiophene rings is 1. The quantitative estimate of drug-likeness (QED) is 0.735. The van der Waals surface area contributed by atoms with Gasteiger partial charge in [-0.1, -0.05) is 24.3 Å². The van der Waals surface area contributed by atoms with Crippen molar-refractivity contribution >= 4 is 28.1 Å². The molecule has 0 spiro atoms. The Hall–Kier alpha value is -2.24. The van der Waals surface area contributed by atoms with Crippen molar-refractivity contribution in [1.82, 2.24) is 9.88 Å². The molecule has 1 atom stereocenters. The molecule has 0 bridgehead atoms. The van der Waals surface area contributed by atoms with Gasteiger partial charge >= 0.3 is 0 Å². The SMILES string of the molecule is O=C(Cc1cnc2ccccc2c1)N1CCOC(c2cccs2)C1. The number of fused-ring (bicyclic) bond motifs is 1. The summed E-state index contributed by atoms with van der Waals surface area (Å²) in [6.45, 7) is 1.87. The Bertz CT molecular complexity index is 847. The molecular weight excluding hydrogens is 320 g/mol. The van der Waals surface area contributed by atoms with E-state index in [0.717, 1.165) is 16.5 Å². The molecule has 4 rings (SSSR count). The fourth-order valence-electron chi connectivity index (χ4n) is 3.02. The molecule has 1 aliphatic rings. The highest BCUT2D eigenvalue weighted by molar-refractivity contribution is 7.10. The van der Waals surface area contributed by atoms with E-state index in [-0.39, 0.29) is 12.0 Å². The lowest BCUT2D eigenvalue weighted by Gasteiger charge is -2.32. The van der Waals surface area contributed by atoms with Gasteiger partial charge in [0, 0.05) is 23.0 Å². The Morgan fingerprint density at radius 3 is 3.08 bits per heavy atom. The molecule has 4 nitrogen and oxygen atoms in total. The van der Waals surface area contributed by atoms with Crippen molar-refractivity contribution < 1.29 is 9.53 Å². The minimum atomic E-state index is -0.00238. The van der Waals surface area contributed by atoms with Crippen molar-refractivity contribution in [1.29, 1.82) is 0 Å². The smallest absolute Gasteiger partial charge is 0.227 e. The van der Waals surface area contributed by atoms with E-state index in [1.54, 1.807) is 17.5 Å². The van der Waals surface area contributed by atoms with Crippen LogP contribution in [-0.4, -0.2) is 35.5 Å². The van der Waals surface area contributed by atoms with Crippen LogP contribution < -0.4 is 0 Å².